The third-order valence-electron chi connectivity index (χ3n) is 6.34. The summed E-state index contributed by atoms with van der Waals surface area (Å²) in [6, 6.07) is 4.87. The number of nitrogens with zero attached hydrogens (tertiary/aromatic N) is 3. The zero-order valence-corrected chi connectivity index (χ0v) is 14.8. The molecule has 0 aromatic heterocycles. The predicted molar refractivity (Wildman–Crippen MR) is 93.3 cm³/mol. The topological polar surface area (TPSA) is 50.8 Å². The first-order chi connectivity index (χ1) is 10.9. The Kier molecular flexibility index (Phi) is 5.33. The van der Waals surface area contributed by atoms with E-state index in [-0.39, 0.29) is 17.4 Å². The summed E-state index contributed by atoms with van der Waals surface area (Å²) >= 11 is 0. The number of hydrogen-bond donors (Lipinski definition) is 0. The summed E-state index contributed by atoms with van der Waals surface area (Å²) in [6.07, 6.45) is 10.5. The second-order valence-corrected chi connectivity index (χ2v) is 7.56. The van der Waals surface area contributed by atoms with E-state index in [1.54, 1.807) is 0 Å². The van der Waals surface area contributed by atoms with Crippen LogP contribution in [-0.4, -0.2) is 24.0 Å². The van der Waals surface area contributed by atoms with E-state index in [1.165, 1.54) is 0 Å². The highest BCUT2D eigenvalue weighted by molar-refractivity contribution is 5.34. The minimum absolute atomic E-state index is 0.0831. The first kappa shape index (κ1) is 17.8. The molecule has 23 heavy (non-hydrogen) atoms. The molecule has 2 rings (SSSR count). The van der Waals surface area contributed by atoms with E-state index in [0.717, 1.165) is 38.8 Å². The van der Waals surface area contributed by atoms with Gasteiger partial charge < -0.3 is 0 Å². The zero-order valence-electron chi connectivity index (χ0n) is 14.8. The van der Waals surface area contributed by atoms with Gasteiger partial charge in [-0.1, -0.05) is 39.0 Å². The average molecular weight is 311 g/mol. The molecular weight excluding hydrogens is 282 g/mol. The highest BCUT2D eigenvalue weighted by atomic mass is 15.2. The number of likely N-dealkylation sites (tertiary alicyclic amines) is 1. The van der Waals surface area contributed by atoms with Gasteiger partial charge in [-0.3, -0.25) is 4.90 Å². The van der Waals surface area contributed by atoms with Crippen molar-refractivity contribution in [2.24, 2.45) is 22.7 Å². The molecule has 4 unspecified atom stereocenters. The molecule has 0 aromatic rings. The van der Waals surface area contributed by atoms with Crippen molar-refractivity contribution in [1.82, 2.24) is 4.90 Å². The standard InChI is InChI=1S/C20H29N3/c1-5-16(2)10-11-19(4)17(3)8-9-18(20(19,14-21)15-22)23-12-6-7-13-23/h5,8-9,16-18H,1,6-7,10-13H2,2-4H3. The van der Waals surface area contributed by atoms with Gasteiger partial charge in [0.05, 0.1) is 18.2 Å². The van der Waals surface area contributed by atoms with E-state index in [0.29, 0.717) is 5.92 Å². The molecule has 0 bridgehead atoms. The summed E-state index contributed by atoms with van der Waals surface area (Å²) in [5.74, 6) is 0.628. The molecule has 0 N–H and O–H groups in total. The maximum Gasteiger partial charge on any atom is 0.168 e. The molecule has 0 radical (unpaired) electrons. The minimum Gasteiger partial charge on any atom is -0.294 e. The number of allylic oxidation sites excluding steroid dienone is 2. The Labute approximate surface area is 141 Å². The monoisotopic (exact) mass is 311 g/mol. The van der Waals surface area contributed by atoms with Crippen LogP contribution in [0.4, 0.5) is 0 Å². The van der Waals surface area contributed by atoms with Crippen LogP contribution in [0.15, 0.2) is 24.8 Å². The highest BCUT2D eigenvalue weighted by Crippen LogP contribution is 2.55. The number of nitriles is 2. The Morgan fingerprint density at radius 1 is 1.30 bits per heavy atom. The Morgan fingerprint density at radius 3 is 2.43 bits per heavy atom. The van der Waals surface area contributed by atoms with Gasteiger partial charge in [0.25, 0.3) is 0 Å². The Morgan fingerprint density at radius 2 is 1.91 bits per heavy atom. The fourth-order valence-electron chi connectivity index (χ4n) is 4.22. The lowest BCUT2D eigenvalue weighted by molar-refractivity contribution is 0.0236. The SMILES string of the molecule is C=CC(C)CCC1(C)C(C)C=CC(N2CCCC2)C1(C#N)C#N. The van der Waals surface area contributed by atoms with E-state index in [4.69, 9.17) is 0 Å². The molecule has 0 amide bonds. The Bertz CT molecular complexity index is 530. The van der Waals surface area contributed by atoms with Crippen molar-refractivity contribution >= 4 is 0 Å². The molecule has 1 fully saturated rings. The molecule has 1 saturated heterocycles. The normalized spacial score (nSPS) is 34.5. The van der Waals surface area contributed by atoms with Gasteiger partial charge >= 0.3 is 0 Å². The molecule has 124 valence electrons. The van der Waals surface area contributed by atoms with Gasteiger partial charge in [-0.25, -0.2) is 0 Å². The molecule has 2 aliphatic rings. The molecule has 1 aliphatic heterocycles. The molecule has 0 spiro atoms. The predicted octanol–water partition coefficient (Wildman–Crippen LogP) is 4.30. The van der Waals surface area contributed by atoms with Crippen LogP contribution in [0.1, 0.15) is 46.5 Å². The lowest BCUT2D eigenvalue weighted by Gasteiger charge is -2.51. The van der Waals surface area contributed by atoms with Gasteiger partial charge in [-0.15, -0.1) is 6.58 Å². The summed E-state index contributed by atoms with van der Waals surface area (Å²) in [7, 11) is 0. The van der Waals surface area contributed by atoms with Crippen LogP contribution in [0.25, 0.3) is 0 Å². The molecule has 0 aromatic carbocycles. The van der Waals surface area contributed by atoms with Crippen molar-refractivity contribution in [1.29, 1.82) is 10.5 Å². The van der Waals surface area contributed by atoms with E-state index in [9.17, 15) is 10.5 Å². The summed E-state index contributed by atoms with van der Waals surface area (Å²) in [4.78, 5) is 2.34. The summed E-state index contributed by atoms with van der Waals surface area (Å²) in [5.41, 5.74) is -1.32. The summed E-state index contributed by atoms with van der Waals surface area (Å²) < 4.78 is 0. The van der Waals surface area contributed by atoms with Crippen LogP contribution in [-0.2, 0) is 0 Å². The van der Waals surface area contributed by atoms with Gasteiger partial charge in [-0.05, 0) is 50.6 Å². The molecule has 4 atom stereocenters. The Balaban J connectivity index is 2.41. The number of hydrogen-bond acceptors (Lipinski definition) is 3. The molecular formula is C20H29N3. The van der Waals surface area contributed by atoms with E-state index in [1.807, 2.05) is 6.08 Å². The third-order valence-corrected chi connectivity index (χ3v) is 6.34. The maximum atomic E-state index is 10.1. The van der Waals surface area contributed by atoms with E-state index in [2.05, 4.69) is 56.5 Å². The highest BCUT2D eigenvalue weighted by Gasteiger charge is 2.59. The second-order valence-electron chi connectivity index (χ2n) is 7.56. The van der Waals surface area contributed by atoms with Crippen molar-refractivity contribution in [3.8, 4) is 12.1 Å². The first-order valence-corrected chi connectivity index (χ1v) is 8.82. The maximum absolute atomic E-state index is 10.1. The second kappa shape index (κ2) is 6.90. The van der Waals surface area contributed by atoms with Crippen LogP contribution in [0.2, 0.25) is 0 Å². The van der Waals surface area contributed by atoms with Crippen molar-refractivity contribution in [3.05, 3.63) is 24.8 Å². The lowest BCUT2D eigenvalue weighted by atomic mass is 9.52. The molecule has 3 nitrogen and oxygen atoms in total. The smallest absolute Gasteiger partial charge is 0.168 e. The first-order valence-electron chi connectivity index (χ1n) is 8.82. The third kappa shape index (κ3) is 2.84. The molecule has 1 aliphatic carbocycles. The van der Waals surface area contributed by atoms with Crippen molar-refractivity contribution in [2.45, 2.75) is 52.5 Å². The van der Waals surface area contributed by atoms with E-state index >= 15 is 0 Å². The fourth-order valence-corrected chi connectivity index (χ4v) is 4.22. The lowest BCUT2D eigenvalue weighted by Crippen LogP contribution is -2.57. The largest absolute Gasteiger partial charge is 0.294 e. The van der Waals surface area contributed by atoms with Gasteiger partial charge in [0.2, 0.25) is 0 Å². The minimum atomic E-state index is -0.980. The molecule has 0 saturated carbocycles. The van der Waals surface area contributed by atoms with Crippen LogP contribution in [0.5, 0.6) is 0 Å². The Hall–Kier alpha value is -1.58. The molecule has 3 heteroatoms. The number of rotatable bonds is 5. The van der Waals surface area contributed by atoms with Crippen molar-refractivity contribution < 1.29 is 0 Å². The van der Waals surface area contributed by atoms with Crippen LogP contribution < -0.4 is 0 Å². The van der Waals surface area contributed by atoms with Crippen molar-refractivity contribution in [2.75, 3.05) is 13.1 Å². The average Bonchev–Trinajstić information content (AvgIpc) is 3.09. The summed E-state index contributed by atoms with van der Waals surface area (Å²) in [6.45, 7) is 12.3. The van der Waals surface area contributed by atoms with Gasteiger partial charge in [-0.2, -0.15) is 10.5 Å². The fraction of sp³-hybridized carbons (Fsp3) is 0.700. The van der Waals surface area contributed by atoms with Crippen molar-refractivity contribution in [3.63, 3.8) is 0 Å². The molecule has 1 heterocycles. The zero-order chi connectivity index (χ0) is 17.1. The van der Waals surface area contributed by atoms with Crippen LogP contribution in [0, 0.1) is 45.3 Å². The van der Waals surface area contributed by atoms with Crippen LogP contribution in [0.3, 0.4) is 0 Å². The van der Waals surface area contributed by atoms with Gasteiger partial charge in [0.1, 0.15) is 0 Å². The van der Waals surface area contributed by atoms with Crippen LogP contribution >= 0.6 is 0 Å². The summed E-state index contributed by atoms with van der Waals surface area (Å²) in [5, 5.41) is 20.2. The van der Waals surface area contributed by atoms with Gasteiger partial charge in [0, 0.05) is 5.41 Å². The van der Waals surface area contributed by atoms with Gasteiger partial charge in [0.15, 0.2) is 5.41 Å². The van der Waals surface area contributed by atoms with E-state index < -0.39 is 5.41 Å². The quantitative estimate of drug-likeness (QED) is 0.711.